The van der Waals surface area contributed by atoms with Crippen molar-refractivity contribution in [3.63, 3.8) is 0 Å². The molecule has 1 amide bonds. The van der Waals surface area contributed by atoms with Crippen LogP contribution in [-0.4, -0.2) is 16.0 Å². The van der Waals surface area contributed by atoms with Crippen molar-refractivity contribution in [2.75, 3.05) is 0 Å². The van der Waals surface area contributed by atoms with Gasteiger partial charge in [-0.2, -0.15) is 0 Å². The van der Waals surface area contributed by atoms with Crippen molar-refractivity contribution in [3.05, 3.63) is 70.5 Å². The van der Waals surface area contributed by atoms with Gasteiger partial charge in [0.2, 0.25) is 5.88 Å². The summed E-state index contributed by atoms with van der Waals surface area (Å²) in [5.41, 5.74) is 4.66. The highest BCUT2D eigenvalue weighted by atomic mass is 19.1. The number of rotatable bonds is 2. The van der Waals surface area contributed by atoms with Crippen LogP contribution in [0.5, 0.6) is 5.88 Å². The average Bonchev–Trinajstić information content (AvgIpc) is 2.58. The van der Waals surface area contributed by atoms with E-state index in [0.29, 0.717) is 19.0 Å². The van der Waals surface area contributed by atoms with Crippen LogP contribution in [0, 0.1) is 19.7 Å². The third-order valence-electron chi connectivity index (χ3n) is 4.62. The molecule has 2 heterocycles. The van der Waals surface area contributed by atoms with Gasteiger partial charge in [-0.1, -0.05) is 24.3 Å². The van der Waals surface area contributed by atoms with Crippen LogP contribution in [0.1, 0.15) is 22.3 Å². The van der Waals surface area contributed by atoms with Crippen LogP contribution in [0.2, 0.25) is 0 Å². The highest BCUT2D eigenvalue weighted by Crippen LogP contribution is 2.30. The Kier molecular flexibility index (Phi) is 3.64. The first-order chi connectivity index (χ1) is 12.0. The third-order valence-corrected chi connectivity index (χ3v) is 4.62. The molecular weight excluding hydrogens is 319 g/mol. The number of nitrogens with zero attached hydrogens (tertiary/aromatic N) is 2. The lowest BCUT2D eigenvalue weighted by molar-refractivity contribution is 0.133. The first-order valence-electron chi connectivity index (χ1n) is 8.12. The van der Waals surface area contributed by atoms with Gasteiger partial charge in [-0.25, -0.2) is 14.2 Å². The molecule has 0 atom stereocenters. The topological polar surface area (TPSA) is 42.4 Å². The molecule has 3 aromatic rings. The lowest BCUT2D eigenvalue weighted by atomic mass is 10.0. The fourth-order valence-corrected chi connectivity index (χ4v) is 3.10. The number of pyridine rings is 1. The zero-order valence-corrected chi connectivity index (χ0v) is 14.0. The Morgan fingerprint density at radius 2 is 2.04 bits per heavy atom. The third kappa shape index (κ3) is 2.82. The van der Waals surface area contributed by atoms with Gasteiger partial charge in [-0.15, -0.1) is 0 Å². The maximum absolute atomic E-state index is 13.4. The normalized spacial score (nSPS) is 13.7. The van der Waals surface area contributed by atoms with E-state index in [-0.39, 0.29) is 5.82 Å². The van der Waals surface area contributed by atoms with Gasteiger partial charge in [0.25, 0.3) is 0 Å². The summed E-state index contributed by atoms with van der Waals surface area (Å²) >= 11 is 0. The summed E-state index contributed by atoms with van der Waals surface area (Å²) in [6.07, 6.45) is -0.464. The van der Waals surface area contributed by atoms with Gasteiger partial charge < -0.3 is 4.74 Å². The molecule has 1 aliphatic heterocycles. The smallest absolute Gasteiger partial charge is 0.391 e. The first-order valence-corrected chi connectivity index (χ1v) is 8.12. The summed E-state index contributed by atoms with van der Waals surface area (Å²) in [6.45, 7) is 4.72. The fraction of sp³-hybridized carbons (Fsp3) is 0.200. The average molecular weight is 336 g/mol. The molecule has 126 valence electrons. The summed E-state index contributed by atoms with van der Waals surface area (Å²) < 4.78 is 18.8. The lowest BCUT2D eigenvalue weighted by Gasteiger charge is -2.27. The lowest BCUT2D eigenvalue weighted by Crippen LogP contribution is -2.36. The molecule has 0 radical (unpaired) electrons. The minimum absolute atomic E-state index is 0.293. The summed E-state index contributed by atoms with van der Waals surface area (Å²) in [6, 6.07) is 12.3. The number of aryl methyl sites for hydroxylation is 2. The van der Waals surface area contributed by atoms with E-state index in [4.69, 9.17) is 4.74 Å². The van der Waals surface area contributed by atoms with Crippen LogP contribution >= 0.6 is 0 Å². The number of fused-ring (bicyclic) bond motifs is 2. The Balaban J connectivity index is 1.69. The number of carbonyl (C=O) groups excluding carboxylic acids is 1. The molecule has 4 rings (SSSR count). The van der Waals surface area contributed by atoms with E-state index < -0.39 is 6.09 Å². The Morgan fingerprint density at radius 1 is 1.20 bits per heavy atom. The molecule has 2 aromatic carbocycles. The van der Waals surface area contributed by atoms with Crippen molar-refractivity contribution in [2.24, 2.45) is 0 Å². The van der Waals surface area contributed by atoms with Gasteiger partial charge in [0, 0.05) is 17.5 Å². The summed E-state index contributed by atoms with van der Waals surface area (Å²) in [5, 5.41) is 1.02. The zero-order valence-electron chi connectivity index (χ0n) is 14.0. The molecule has 0 aliphatic carbocycles. The van der Waals surface area contributed by atoms with Crippen LogP contribution in [0.4, 0.5) is 9.18 Å². The van der Waals surface area contributed by atoms with E-state index in [1.54, 1.807) is 17.0 Å². The molecule has 0 bridgehead atoms. The summed E-state index contributed by atoms with van der Waals surface area (Å²) in [5.74, 6) is 0.0449. The number of amides is 1. The molecule has 0 N–H and O–H groups in total. The van der Waals surface area contributed by atoms with Crippen molar-refractivity contribution < 1.29 is 13.9 Å². The van der Waals surface area contributed by atoms with Gasteiger partial charge in [0.05, 0.1) is 12.1 Å². The van der Waals surface area contributed by atoms with Gasteiger partial charge >= 0.3 is 6.09 Å². The predicted octanol–water partition coefficient (Wildman–Crippen LogP) is 4.51. The van der Waals surface area contributed by atoms with E-state index in [0.717, 1.165) is 33.2 Å². The largest absolute Gasteiger partial charge is 0.417 e. The number of benzene rings is 2. The van der Waals surface area contributed by atoms with Crippen molar-refractivity contribution in [2.45, 2.75) is 26.9 Å². The second kappa shape index (κ2) is 5.84. The maximum atomic E-state index is 13.4. The second-order valence-electron chi connectivity index (χ2n) is 6.39. The van der Waals surface area contributed by atoms with E-state index >= 15 is 0 Å². The number of carbonyl (C=O) groups is 1. The van der Waals surface area contributed by atoms with Crippen LogP contribution < -0.4 is 4.74 Å². The fourth-order valence-electron chi connectivity index (χ4n) is 3.10. The van der Waals surface area contributed by atoms with Gasteiger partial charge in [0.1, 0.15) is 5.82 Å². The maximum Gasteiger partial charge on any atom is 0.417 e. The number of aromatic nitrogens is 1. The second-order valence-corrected chi connectivity index (χ2v) is 6.39. The predicted molar refractivity (Wildman–Crippen MR) is 92.9 cm³/mol. The highest BCUT2D eigenvalue weighted by molar-refractivity contribution is 5.85. The monoisotopic (exact) mass is 336 g/mol. The Hall–Kier alpha value is -2.95. The standard InChI is InChI=1S/C20H17FN2O2/c1-12-6-7-15-9-16-11-23(10-14-4-3-5-17(21)8-14)20(24)25-19(16)22-18(15)13(12)2/h3-9H,10-11H2,1-2H3. The minimum atomic E-state index is -0.464. The number of hydrogen-bond donors (Lipinski definition) is 0. The molecule has 25 heavy (non-hydrogen) atoms. The van der Waals surface area contributed by atoms with E-state index in [9.17, 15) is 9.18 Å². The summed E-state index contributed by atoms with van der Waals surface area (Å²) in [7, 11) is 0. The van der Waals surface area contributed by atoms with Gasteiger partial charge in [0.15, 0.2) is 0 Å². The SMILES string of the molecule is Cc1ccc2cc3c(nc2c1C)OC(=O)N(Cc1cccc(F)c1)C3. The van der Waals surface area contributed by atoms with Crippen molar-refractivity contribution in [1.82, 2.24) is 9.88 Å². The first kappa shape index (κ1) is 15.6. The number of ether oxygens (including phenoxy) is 1. The molecular formula is C20H17FN2O2. The minimum Gasteiger partial charge on any atom is -0.391 e. The van der Waals surface area contributed by atoms with Crippen LogP contribution in [0.15, 0.2) is 42.5 Å². The molecule has 1 aliphatic rings. The van der Waals surface area contributed by atoms with Crippen LogP contribution in [-0.2, 0) is 13.1 Å². The number of halogens is 1. The molecule has 0 saturated heterocycles. The van der Waals surface area contributed by atoms with Crippen LogP contribution in [0.3, 0.4) is 0 Å². The molecule has 0 fully saturated rings. The Bertz CT molecular complexity index is 1000. The molecule has 0 saturated carbocycles. The Labute approximate surface area is 144 Å². The molecule has 0 spiro atoms. The van der Waals surface area contributed by atoms with Crippen LogP contribution in [0.25, 0.3) is 10.9 Å². The van der Waals surface area contributed by atoms with Crippen molar-refractivity contribution in [1.29, 1.82) is 0 Å². The van der Waals surface area contributed by atoms with Crippen molar-refractivity contribution >= 4 is 17.0 Å². The molecule has 5 heteroatoms. The van der Waals surface area contributed by atoms with Gasteiger partial charge in [-0.05, 0) is 48.7 Å². The highest BCUT2D eigenvalue weighted by Gasteiger charge is 2.27. The quantitative estimate of drug-likeness (QED) is 0.692. The van der Waals surface area contributed by atoms with E-state index in [2.05, 4.69) is 11.1 Å². The van der Waals surface area contributed by atoms with E-state index in [1.807, 2.05) is 26.0 Å². The number of hydrogen-bond acceptors (Lipinski definition) is 3. The van der Waals surface area contributed by atoms with Gasteiger partial charge in [-0.3, -0.25) is 4.90 Å². The molecule has 0 unspecified atom stereocenters. The zero-order chi connectivity index (χ0) is 17.6. The molecule has 1 aromatic heterocycles. The van der Waals surface area contributed by atoms with E-state index in [1.165, 1.54) is 12.1 Å². The molecule has 4 nitrogen and oxygen atoms in total. The van der Waals surface area contributed by atoms with Crippen molar-refractivity contribution in [3.8, 4) is 5.88 Å². The summed E-state index contributed by atoms with van der Waals surface area (Å²) in [4.78, 5) is 18.4. The Morgan fingerprint density at radius 3 is 2.84 bits per heavy atom.